The van der Waals surface area contributed by atoms with E-state index in [9.17, 15) is 0 Å². The van der Waals surface area contributed by atoms with Gasteiger partial charge in [0.1, 0.15) is 0 Å². The van der Waals surface area contributed by atoms with E-state index in [0.717, 1.165) is 17.1 Å². The van der Waals surface area contributed by atoms with E-state index in [0.29, 0.717) is 0 Å². The lowest BCUT2D eigenvalue weighted by atomic mass is 9.14. The van der Waals surface area contributed by atoms with Crippen LogP contribution in [0.2, 0.25) is 13.6 Å². The Balaban J connectivity index is 0.000000191. The van der Waals surface area contributed by atoms with Gasteiger partial charge in [-0.3, -0.25) is 0 Å². The van der Waals surface area contributed by atoms with Crippen molar-refractivity contribution >= 4 is 90.1 Å². The van der Waals surface area contributed by atoms with Gasteiger partial charge in [0, 0.05) is 0 Å². The maximum atomic E-state index is 2.36. The van der Waals surface area contributed by atoms with Crippen molar-refractivity contribution in [3.05, 3.63) is 435 Å². The quantitative estimate of drug-likeness (QED) is 0.0527. The summed E-state index contributed by atoms with van der Waals surface area (Å²) in [6, 6.07) is 150. The molecule has 0 bridgehead atoms. The SMILES string of the molecule is C.C.CC[N+](CC)(CC)CC.C[B-](c1ccccc1)(c1ccccc1)c1ccccc1.C[B-](c1ccccc1)(c1ccccc1)c1ccccc1.C[N+](C)(C)C.Cc1ccccc1C[B-](c1ccccc1)(c1ccccc1)c1ccccc1.c1ccc(C[B-](c2ccccc2)(c2ccccc2)c2ccccc2)cc1. The zero-order valence-corrected chi connectivity index (χ0v) is 65.8. The molecular weight excluding hydrogens is 1310 g/mol. The van der Waals surface area contributed by atoms with Crippen molar-refractivity contribution in [1.82, 2.24) is 0 Å². The molecule has 0 unspecified atom stereocenters. The Morgan fingerprint density at radius 1 is 0.211 bits per heavy atom. The average molecular weight is 1430 g/mol. The smallest absolute Gasteiger partial charge is 0.0856 e. The molecule has 0 saturated carbocycles. The van der Waals surface area contributed by atoms with Crippen LogP contribution in [-0.4, -0.2) is 87.9 Å². The van der Waals surface area contributed by atoms with Crippen molar-refractivity contribution < 1.29 is 8.97 Å². The molecule has 558 valence electrons. The van der Waals surface area contributed by atoms with E-state index in [4.69, 9.17) is 0 Å². The van der Waals surface area contributed by atoms with Crippen LogP contribution in [0.15, 0.2) is 419 Å². The first-order valence-electron chi connectivity index (χ1n) is 39.2. The largest absolute Gasteiger partial charge is 0.333 e. The fourth-order valence-corrected chi connectivity index (χ4v) is 16.2. The molecule has 0 amide bonds. The lowest BCUT2D eigenvalue weighted by molar-refractivity contribution is -0.921. The van der Waals surface area contributed by atoms with Gasteiger partial charge < -0.3 is 8.97 Å². The molecule has 0 spiro atoms. The summed E-state index contributed by atoms with van der Waals surface area (Å²) in [4.78, 5) is 0. The molecule has 0 saturated heterocycles. The minimum atomic E-state index is -1.11. The number of aryl methyl sites for hydroxylation is 1. The molecule has 0 aliphatic carbocycles. The van der Waals surface area contributed by atoms with Gasteiger partial charge in [-0.15, -0.1) is 12.6 Å². The Morgan fingerprint density at radius 2 is 0.367 bits per heavy atom. The molecule has 14 aromatic rings. The molecule has 0 aromatic heterocycles. The highest BCUT2D eigenvalue weighted by Gasteiger charge is 2.32. The van der Waals surface area contributed by atoms with Crippen LogP contribution in [0.5, 0.6) is 0 Å². The van der Waals surface area contributed by atoms with Crippen molar-refractivity contribution in [2.45, 2.75) is 75.8 Å². The van der Waals surface area contributed by atoms with Crippen molar-refractivity contribution in [1.29, 1.82) is 0 Å². The summed E-state index contributed by atoms with van der Waals surface area (Å²) in [5, 5.41) is 0. The summed E-state index contributed by atoms with van der Waals surface area (Å²) < 4.78 is 2.28. The second-order valence-electron chi connectivity index (χ2n) is 30.7. The summed E-state index contributed by atoms with van der Waals surface area (Å²) in [6.45, 7) is 21.2. The third-order valence-electron chi connectivity index (χ3n) is 22.9. The first kappa shape index (κ1) is 85.5. The van der Waals surface area contributed by atoms with E-state index < -0.39 is 24.6 Å². The van der Waals surface area contributed by atoms with E-state index in [1.807, 2.05) is 0 Å². The van der Waals surface area contributed by atoms with E-state index in [1.54, 1.807) is 0 Å². The lowest BCUT2D eigenvalue weighted by Gasteiger charge is -2.43. The van der Waals surface area contributed by atoms with Crippen molar-refractivity contribution in [2.24, 2.45) is 0 Å². The Bertz CT molecular complexity index is 4180. The van der Waals surface area contributed by atoms with Crippen LogP contribution in [-0.2, 0) is 12.6 Å². The first-order valence-corrected chi connectivity index (χ1v) is 39.2. The third kappa shape index (κ3) is 22.5. The van der Waals surface area contributed by atoms with Crippen molar-refractivity contribution in [3.8, 4) is 0 Å². The molecule has 0 radical (unpaired) electrons. The number of hydrogen-bond acceptors (Lipinski definition) is 0. The van der Waals surface area contributed by atoms with Gasteiger partial charge in [0.15, 0.2) is 0 Å². The average Bonchev–Trinajstić information content (AvgIpc) is 0.767. The van der Waals surface area contributed by atoms with Gasteiger partial charge in [-0.1, -0.05) is 450 Å². The highest BCUT2D eigenvalue weighted by atomic mass is 15.3. The van der Waals surface area contributed by atoms with Crippen LogP contribution in [0.4, 0.5) is 0 Å². The lowest BCUT2D eigenvalue weighted by Crippen LogP contribution is -2.68. The number of rotatable bonds is 20. The monoisotopic (exact) mass is 1430 g/mol. The van der Waals surface area contributed by atoms with Gasteiger partial charge in [-0.05, 0) is 34.6 Å². The molecule has 2 nitrogen and oxygen atoms in total. The highest BCUT2D eigenvalue weighted by molar-refractivity contribution is 7.12. The summed E-state index contributed by atoms with van der Waals surface area (Å²) in [5.74, 6) is 0. The van der Waals surface area contributed by atoms with Gasteiger partial charge in [-0.2, -0.15) is 46.4 Å². The topological polar surface area (TPSA) is 0 Å². The number of quaternary nitrogens is 2. The van der Waals surface area contributed by atoms with Crippen LogP contribution in [0.25, 0.3) is 0 Å². The minimum Gasteiger partial charge on any atom is -0.333 e. The predicted molar refractivity (Wildman–Crippen MR) is 493 cm³/mol. The van der Waals surface area contributed by atoms with Crippen LogP contribution < -0.4 is 65.6 Å². The van der Waals surface area contributed by atoms with Gasteiger partial charge in [0.2, 0.25) is 0 Å². The second kappa shape index (κ2) is 42.7. The summed E-state index contributed by atoms with van der Waals surface area (Å²) in [7, 11) is 8.50. The fourth-order valence-electron chi connectivity index (χ4n) is 16.2. The Hall–Kier alpha value is -10.7. The molecule has 6 heteroatoms. The molecule has 0 fully saturated rings. The minimum absolute atomic E-state index is 0. The van der Waals surface area contributed by atoms with Crippen molar-refractivity contribution in [2.75, 3.05) is 54.4 Å². The van der Waals surface area contributed by atoms with E-state index in [-0.39, 0.29) is 14.9 Å². The first-order chi connectivity index (χ1) is 52.1. The molecular formula is C103H122B4N2-2. The molecule has 109 heavy (non-hydrogen) atoms. The summed E-state index contributed by atoms with van der Waals surface area (Å²) in [6.07, 6.45) is -2.05. The van der Waals surface area contributed by atoms with E-state index in [1.165, 1.54) is 113 Å². The van der Waals surface area contributed by atoms with E-state index >= 15 is 0 Å². The Labute approximate surface area is 660 Å². The molecule has 0 aliphatic heterocycles. The van der Waals surface area contributed by atoms with Crippen molar-refractivity contribution in [3.63, 3.8) is 0 Å². The van der Waals surface area contributed by atoms with Gasteiger partial charge in [-0.25, -0.2) is 32.8 Å². The number of hydrogen-bond donors (Lipinski definition) is 0. The van der Waals surface area contributed by atoms with Crippen LogP contribution in [0, 0.1) is 6.92 Å². The zero-order valence-electron chi connectivity index (χ0n) is 65.8. The molecule has 14 aromatic carbocycles. The van der Waals surface area contributed by atoms with Gasteiger partial charge >= 0.3 is 0 Å². The van der Waals surface area contributed by atoms with Crippen LogP contribution in [0.3, 0.4) is 0 Å². The van der Waals surface area contributed by atoms with Gasteiger partial charge in [0.25, 0.3) is 0 Å². The standard InChI is InChI=1S/C26H24B.C25H22B.2C19H18B.C8H20N.C4H12N.2CH4/c1-22-13-11-12-14-23(22)21-27(24-15-5-2-6-16-24,25-17-7-3-8-18-25)26-19-9-4-10-20-26;1-5-13-22(14-6-1)21-26(23-15-7-2-8-16-23,24-17-9-3-10-18-24)25-19-11-4-12-20-25;2*1-20(17-11-5-2-6-12-17,18-13-7-3-8-14-18)19-15-9-4-10-16-19;1-5-9(6-2,7-3)8-4;1-5(2,3)4;;/h2-20H,21H2,1H3;1-20H,21H2;2*2-16H,1H3;5-8H2,1-4H3;1-4H3;2*1H4/q4*-1;2*+1;;. The normalized spacial score (nSPS) is 11.1. The fraction of sp³-hybridized carbons (Fsp3) is 0.184. The number of nitrogens with zero attached hydrogens (tertiary/aromatic N) is 2. The van der Waals surface area contributed by atoms with Gasteiger partial charge in [0.05, 0.1) is 79.0 Å². The predicted octanol–water partition coefficient (Wildman–Crippen LogP) is 17.2. The molecule has 14 rings (SSSR count). The second-order valence-corrected chi connectivity index (χ2v) is 30.7. The molecule has 0 N–H and O–H groups in total. The molecule has 0 aliphatic rings. The maximum absolute atomic E-state index is 2.36. The maximum Gasteiger partial charge on any atom is 0.0856 e. The summed E-state index contributed by atoms with van der Waals surface area (Å²) in [5.41, 5.74) is 20.7. The third-order valence-corrected chi connectivity index (χ3v) is 22.9. The number of benzene rings is 14. The zero-order chi connectivity index (χ0) is 75.7. The Morgan fingerprint density at radius 3 is 0.541 bits per heavy atom. The van der Waals surface area contributed by atoms with Crippen LogP contribution in [0.1, 0.15) is 59.2 Å². The summed E-state index contributed by atoms with van der Waals surface area (Å²) >= 11 is 0. The van der Waals surface area contributed by atoms with Crippen LogP contribution >= 0.6 is 0 Å². The molecule has 0 heterocycles. The Kier molecular flexibility index (Phi) is 33.5. The van der Waals surface area contributed by atoms with E-state index in [2.05, 4.69) is 495 Å². The molecule has 0 atom stereocenters. The highest BCUT2D eigenvalue weighted by Crippen LogP contribution is 2.20.